The minimum atomic E-state index is 0.0513. The predicted molar refractivity (Wildman–Crippen MR) is 83.9 cm³/mol. The largest absolute Gasteiger partial charge is 0.377 e. The average molecular weight is 306 g/mol. The monoisotopic (exact) mass is 306 g/mol. The summed E-state index contributed by atoms with van der Waals surface area (Å²) < 4.78 is 5.69. The lowest BCUT2D eigenvalue weighted by Gasteiger charge is -2.35. The van der Waals surface area contributed by atoms with Crippen molar-refractivity contribution in [2.75, 3.05) is 39.3 Å². The number of aryl methyl sites for hydroxylation is 1. The molecule has 3 rings (SSSR count). The highest BCUT2D eigenvalue weighted by atomic mass is 16.5. The quantitative estimate of drug-likeness (QED) is 0.891. The number of ether oxygens (including phenoxy) is 1. The second kappa shape index (κ2) is 7.24. The van der Waals surface area contributed by atoms with Gasteiger partial charge in [0.2, 0.25) is 0 Å². The SMILES string of the molecule is CCCc1cc(C(=O)N2CCN(CC3CCCO3)CC2)n[nH]1. The molecule has 0 saturated carbocycles. The molecule has 3 heterocycles. The van der Waals surface area contributed by atoms with Gasteiger partial charge in [0.25, 0.3) is 5.91 Å². The number of carbonyl (C=O) groups excluding carboxylic acids is 1. The maximum Gasteiger partial charge on any atom is 0.274 e. The van der Waals surface area contributed by atoms with Gasteiger partial charge >= 0.3 is 0 Å². The Morgan fingerprint density at radius 2 is 2.23 bits per heavy atom. The molecule has 2 aliphatic heterocycles. The number of piperazine rings is 1. The third kappa shape index (κ3) is 3.67. The van der Waals surface area contributed by atoms with Crippen LogP contribution in [0.5, 0.6) is 0 Å². The molecule has 22 heavy (non-hydrogen) atoms. The number of hydrogen-bond acceptors (Lipinski definition) is 4. The molecule has 1 aromatic heterocycles. The molecule has 2 aliphatic rings. The number of H-pyrrole nitrogens is 1. The van der Waals surface area contributed by atoms with Gasteiger partial charge in [-0.2, -0.15) is 5.10 Å². The van der Waals surface area contributed by atoms with Gasteiger partial charge in [-0.25, -0.2) is 0 Å². The normalized spacial score (nSPS) is 23.1. The molecule has 1 amide bonds. The number of amides is 1. The minimum Gasteiger partial charge on any atom is -0.377 e. The van der Waals surface area contributed by atoms with E-state index in [0.717, 1.165) is 57.9 Å². The van der Waals surface area contributed by atoms with Crippen molar-refractivity contribution >= 4 is 5.91 Å². The molecule has 6 nitrogen and oxygen atoms in total. The van der Waals surface area contributed by atoms with E-state index in [1.165, 1.54) is 12.8 Å². The molecule has 0 spiro atoms. The van der Waals surface area contributed by atoms with E-state index in [-0.39, 0.29) is 5.91 Å². The van der Waals surface area contributed by atoms with Gasteiger partial charge in [-0.3, -0.25) is 14.8 Å². The van der Waals surface area contributed by atoms with E-state index >= 15 is 0 Å². The van der Waals surface area contributed by atoms with Gasteiger partial charge in [-0.1, -0.05) is 13.3 Å². The lowest BCUT2D eigenvalue weighted by Crippen LogP contribution is -2.50. The summed E-state index contributed by atoms with van der Waals surface area (Å²) in [5, 5.41) is 7.12. The number of aromatic amines is 1. The molecule has 1 aromatic rings. The fraction of sp³-hybridized carbons (Fsp3) is 0.750. The van der Waals surface area contributed by atoms with Gasteiger partial charge in [0.05, 0.1) is 6.10 Å². The fourth-order valence-corrected chi connectivity index (χ4v) is 3.24. The molecule has 2 fully saturated rings. The van der Waals surface area contributed by atoms with Crippen LogP contribution < -0.4 is 0 Å². The maximum atomic E-state index is 12.5. The molecule has 0 aliphatic carbocycles. The Hall–Kier alpha value is -1.40. The summed E-state index contributed by atoms with van der Waals surface area (Å²) in [7, 11) is 0. The first kappa shape index (κ1) is 15.5. The standard InChI is InChI=1S/C16H26N4O2/c1-2-4-13-11-15(18-17-13)16(21)20-8-6-19(7-9-20)12-14-5-3-10-22-14/h11,14H,2-10,12H2,1H3,(H,17,18). The number of rotatable bonds is 5. The fourth-order valence-electron chi connectivity index (χ4n) is 3.24. The molecule has 0 bridgehead atoms. The van der Waals surface area contributed by atoms with Gasteiger partial charge in [0.1, 0.15) is 5.69 Å². The Bertz CT molecular complexity index is 488. The summed E-state index contributed by atoms with van der Waals surface area (Å²) in [5.74, 6) is 0.0513. The van der Waals surface area contributed by atoms with Gasteiger partial charge < -0.3 is 9.64 Å². The van der Waals surface area contributed by atoms with E-state index in [4.69, 9.17) is 4.74 Å². The summed E-state index contributed by atoms with van der Waals surface area (Å²) in [5.41, 5.74) is 1.60. The second-order valence-corrected chi connectivity index (χ2v) is 6.26. The molecular weight excluding hydrogens is 280 g/mol. The van der Waals surface area contributed by atoms with Crippen LogP contribution in [0.3, 0.4) is 0 Å². The van der Waals surface area contributed by atoms with Gasteiger partial charge in [0.15, 0.2) is 0 Å². The van der Waals surface area contributed by atoms with Crippen molar-refractivity contribution in [3.63, 3.8) is 0 Å². The van der Waals surface area contributed by atoms with E-state index in [0.29, 0.717) is 11.8 Å². The van der Waals surface area contributed by atoms with Crippen LogP contribution in [-0.4, -0.2) is 71.3 Å². The zero-order valence-electron chi connectivity index (χ0n) is 13.4. The molecule has 0 aromatic carbocycles. The molecule has 1 unspecified atom stereocenters. The van der Waals surface area contributed by atoms with Crippen LogP contribution in [0.1, 0.15) is 42.4 Å². The molecule has 1 N–H and O–H groups in total. The summed E-state index contributed by atoms with van der Waals surface area (Å²) >= 11 is 0. The molecule has 6 heteroatoms. The molecular formula is C16H26N4O2. The van der Waals surface area contributed by atoms with Crippen molar-refractivity contribution in [2.45, 2.75) is 38.7 Å². The molecule has 1 atom stereocenters. The topological polar surface area (TPSA) is 61.5 Å². The Balaban J connectivity index is 1.48. The minimum absolute atomic E-state index is 0.0513. The van der Waals surface area contributed by atoms with Gasteiger partial charge in [-0.15, -0.1) is 0 Å². The van der Waals surface area contributed by atoms with E-state index in [9.17, 15) is 4.79 Å². The van der Waals surface area contributed by atoms with E-state index in [1.807, 2.05) is 11.0 Å². The highest BCUT2D eigenvalue weighted by Crippen LogP contribution is 2.15. The van der Waals surface area contributed by atoms with Crippen molar-refractivity contribution in [3.8, 4) is 0 Å². The third-order valence-corrected chi connectivity index (χ3v) is 4.51. The Kier molecular flexibility index (Phi) is 5.10. The van der Waals surface area contributed by atoms with Crippen molar-refractivity contribution in [1.82, 2.24) is 20.0 Å². The van der Waals surface area contributed by atoms with Crippen LogP contribution in [0.4, 0.5) is 0 Å². The molecule has 122 valence electrons. The van der Waals surface area contributed by atoms with Crippen LogP contribution in [-0.2, 0) is 11.2 Å². The smallest absolute Gasteiger partial charge is 0.274 e. The zero-order valence-corrected chi connectivity index (χ0v) is 13.4. The second-order valence-electron chi connectivity index (χ2n) is 6.26. The summed E-state index contributed by atoms with van der Waals surface area (Å²) in [6.07, 6.45) is 4.74. The molecule has 0 radical (unpaired) electrons. The lowest BCUT2D eigenvalue weighted by molar-refractivity contribution is 0.0430. The number of aromatic nitrogens is 2. The number of carbonyl (C=O) groups is 1. The van der Waals surface area contributed by atoms with Crippen molar-refractivity contribution < 1.29 is 9.53 Å². The van der Waals surface area contributed by atoms with E-state index < -0.39 is 0 Å². The van der Waals surface area contributed by atoms with Crippen LogP contribution in [0.15, 0.2) is 6.07 Å². The van der Waals surface area contributed by atoms with Crippen molar-refractivity contribution in [2.24, 2.45) is 0 Å². The Morgan fingerprint density at radius 3 is 2.91 bits per heavy atom. The Labute approximate surface area is 131 Å². The van der Waals surface area contributed by atoms with Crippen LogP contribution in [0.25, 0.3) is 0 Å². The maximum absolute atomic E-state index is 12.5. The summed E-state index contributed by atoms with van der Waals surface area (Å²) in [6.45, 7) is 7.45. The lowest BCUT2D eigenvalue weighted by atomic mass is 10.2. The highest BCUT2D eigenvalue weighted by molar-refractivity contribution is 5.92. The van der Waals surface area contributed by atoms with Gasteiger partial charge in [0, 0.05) is 45.0 Å². The number of hydrogen-bond donors (Lipinski definition) is 1. The zero-order chi connectivity index (χ0) is 15.4. The predicted octanol–water partition coefficient (Wildman–Crippen LogP) is 1.30. The summed E-state index contributed by atoms with van der Waals surface area (Å²) in [6, 6.07) is 1.89. The van der Waals surface area contributed by atoms with Crippen molar-refractivity contribution in [1.29, 1.82) is 0 Å². The number of nitrogens with one attached hydrogen (secondary N) is 1. The Morgan fingerprint density at radius 1 is 1.41 bits per heavy atom. The third-order valence-electron chi connectivity index (χ3n) is 4.51. The van der Waals surface area contributed by atoms with E-state index in [2.05, 4.69) is 22.0 Å². The van der Waals surface area contributed by atoms with Gasteiger partial charge in [-0.05, 0) is 25.3 Å². The first-order chi connectivity index (χ1) is 10.8. The number of nitrogens with zero attached hydrogens (tertiary/aromatic N) is 3. The van der Waals surface area contributed by atoms with Crippen molar-refractivity contribution in [3.05, 3.63) is 17.5 Å². The first-order valence-electron chi connectivity index (χ1n) is 8.43. The van der Waals surface area contributed by atoms with Crippen LogP contribution in [0.2, 0.25) is 0 Å². The molecule has 2 saturated heterocycles. The van der Waals surface area contributed by atoms with E-state index in [1.54, 1.807) is 0 Å². The first-order valence-corrected chi connectivity index (χ1v) is 8.43. The summed E-state index contributed by atoms with van der Waals surface area (Å²) in [4.78, 5) is 16.8. The van der Waals surface area contributed by atoms with Crippen LogP contribution >= 0.6 is 0 Å². The highest BCUT2D eigenvalue weighted by Gasteiger charge is 2.26. The van der Waals surface area contributed by atoms with Crippen LogP contribution in [0, 0.1) is 0 Å². The average Bonchev–Trinajstić information content (AvgIpc) is 3.20.